The smallest absolute Gasteiger partial charge is 0.332 e. The van der Waals surface area contributed by atoms with Crippen LogP contribution >= 0.6 is 0 Å². The molecule has 0 amide bonds. The third kappa shape index (κ3) is 5.05. The fourth-order valence-electron chi connectivity index (χ4n) is 5.62. The standard InChI is InChI=1S/C33H34N2O4/c1-4-14-25-21-30(35-22-24(2)31(36)34(3)32(35)37)39-29(25)23-38-33(26-15-8-5-9-16-26,27-17-10-6-11-18-27)28-19-12-7-13-20-28/h4-13,15-20,22,25,29-30H,1,14,21,23H2,2-3H3/t25-,29+,30+/m0/s1. The first-order chi connectivity index (χ1) is 19.0. The molecule has 0 spiro atoms. The number of rotatable bonds is 9. The van der Waals surface area contributed by atoms with Gasteiger partial charge in [0.1, 0.15) is 11.8 Å². The third-order valence-corrected chi connectivity index (χ3v) is 7.63. The lowest BCUT2D eigenvalue weighted by atomic mass is 9.80. The van der Waals surface area contributed by atoms with Gasteiger partial charge in [-0.2, -0.15) is 0 Å². The van der Waals surface area contributed by atoms with Gasteiger partial charge in [0.15, 0.2) is 0 Å². The van der Waals surface area contributed by atoms with Crippen molar-refractivity contribution in [1.29, 1.82) is 0 Å². The fraction of sp³-hybridized carbons (Fsp3) is 0.273. The van der Waals surface area contributed by atoms with Crippen LogP contribution in [0, 0.1) is 12.8 Å². The van der Waals surface area contributed by atoms with E-state index in [-0.39, 0.29) is 23.3 Å². The minimum atomic E-state index is -0.867. The normalized spacial score (nSPS) is 19.2. The lowest BCUT2D eigenvalue weighted by Gasteiger charge is -2.37. The SMILES string of the molecule is C=CC[C@H]1C[C@H](n2cc(C)c(=O)n(C)c2=O)O[C@@H]1COC(c1ccccc1)(c1ccccc1)c1ccccc1. The van der Waals surface area contributed by atoms with Crippen molar-refractivity contribution in [2.75, 3.05) is 6.61 Å². The summed E-state index contributed by atoms with van der Waals surface area (Å²) >= 11 is 0. The van der Waals surface area contributed by atoms with Crippen LogP contribution in [0.2, 0.25) is 0 Å². The molecule has 6 nitrogen and oxygen atoms in total. The zero-order chi connectivity index (χ0) is 27.4. The van der Waals surface area contributed by atoms with E-state index in [0.717, 1.165) is 27.7 Å². The number of hydrogen-bond acceptors (Lipinski definition) is 4. The van der Waals surface area contributed by atoms with E-state index in [1.54, 1.807) is 13.1 Å². The van der Waals surface area contributed by atoms with Crippen LogP contribution in [0.4, 0.5) is 0 Å². The van der Waals surface area contributed by atoms with Gasteiger partial charge in [-0.1, -0.05) is 97.1 Å². The highest BCUT2D eigenvalue weighted by Gasteiger charge is 2.42. The van der Waals surface area contributed by atoms with Crippen LogP contribution in [-0.2, 0) is 22.1 Å². The summed E-state index contributed by atoms with van der Waals surface area (Å²) in [5.74, 6) is 0.0944. The first-order valence-electron chi connectivity index (χ1n) is 13.3. The maximum Gasteiger partial charge on any atom is 0.332 e. The van der Waals surface area contributed by atoms with Gasteiger partial charge in [0.2, 0.25) is 0 Å². The first kappa shape index (κ1) is 26.6. The predicted molar refractivity (Wildman–Crippen MR) is 153 cm³/mol. The minimum Gasteiger partial charge on any atom is -0.358 e. The number of aromatic nitrogens is 2. The van der Waals surface area contributed by atoms with E-state index < -0.39 is 11.8 Å². The molecule has 2 heterocycles. The van der Waals surface area contributed by atoms with Crippen molar-refractivity contribution >= 4 is 0 Å². The average Bonchev–Trinajstić information content (AvgIpc) is 3.38. The van der Waals surface area contributed by atoms with Crippen LogP contribution in [0.25, 0.3) is 0 Å². The average molecular weight is 523 g/mol. The largest absolute Gasteiger partial charge is 0.358 e. The molecule has 1 aromatic heterocycles. The Morgan fingerprint density at radius 3 is 1.92 bits per heavy atom. The molecule has 1 aliphatic rings. The summed E-state index contributed by atoms with van der Waals surface area (Å²) in [6.45, 7) is 5.97. The lowest BCUT2D eigenvalue weighted by molar-refractivity contribution is -0.0848. The van der Waals surface area contributed by atoms with Gasteiger partial charge < -0.3 is 9.47 Å². The molecule has 200 valence electrons. The van der Waals surface area contributed by atoms with E-state index in [1.165, 1.54) is 11.6 Å². The Labute approximate surface area is 228 Å². The van der Waals surface area contributed by atoms with Gasteiger partial charge >= 0.3 is 5.69 Å². The predicted octanol–water partition coefficient (Wildman–Crippen LogP) is 5.34. The van der Waals surface area contributed by atoms with Crippen molar-refractivity contribution < 1.29 is 9.47 Å². The molecule has 3 atom stereocenters. The van der Waals surface area contributed by atoms with Gasteiger partial charge in [-0.05, 0) is 42.4 Å². The second-order valence-corrected chi connectivity index (χ2v) is 10.1. The quantitative estimate of drug-likeness (QED) is 0.220. The second kappa shape index (κ2) is 11.4. The molecule has 39 heavy (non-hydrogen) atoms. The molecule has 3 aromatic carbocycles. The van der Waals surface area contributed by atoms with E-state index in [9.17, 15) is 9.59 Å². The van der Waals surface area contributed by atoms with Crippen molar-refractivity contribution in [3.63, 3.8) is 0 Å². The van der Waals surface area contributed by atoms with Crippen molar-refractivity contribution in [1.82, 2.24) is 9.13 Å². The third-order valence-electron chi connectivity index (χ3n) is 7.63. The van der Waals surface area contributed by atoms with Crippen LogP contribution in [0.3, 0.4) is 0 Å². The van der Waals surface area contributed by atoms with Gasteiger partial charge in [0.05, 0.1) is 12.7 Å². The Morgan fingerprint density at radius 1 is 0.923 bits per heavy atom. The molecule has 4 aromatic rings. The molecule has 0 N–H and O–H groups in total. The number of ether oxygens (including phenoxy) is 2. The zero-order valence-electron chi connectivity index (χ0n) is 22.4. The van der Waals surface area contributed by atoms with Crippen LogP contribution < -0.4 is 11.2 Å². The summed E-state index contributed by atoms with van der Waals surface area (Å²) in [6.07, 6.45) is 4.04. The highest BCUT2D eigenvalue weighted by atomic mass is 16.6. The molecule has 0 aliphatic carbocycles. The number of allylic oxidation sites excluding steroid dienone is 1. The van der Waals surface area contributed by atoms with Gasteiger partial charge in [0, 0.05) is 18.8 Å². The topological polar surface area (TPSA) is 62.5 Å². The molecule has 0 saturated carbocycles. The molecule has 1 fully saturated rings. The van der Waals surface area contributed by atoms with E-state index in [0.29, 0.717) is 18.6 Å². The van der Waals surface area contributed by atoms with E-state index >= 15 is 0 Å². The molecule has 5 rings (SSSR count). The van der Waals surface area contributed by atoms with Crippen molar-refractivity contribution in [3.05, 3.63) is 153 Å². The molecule has 1 saturated heterocycles. The van der Waals surface area contributed by atoms with Crippen molar-refractivity contribution in [2.45, 2.75) is 37.7 Å². The molecule has 6 heteroatoms. The molecule has 0 bridgehead atoms. The van der Waals surface area contributed by atoms with E-state index in [2.05, 4.69) is 43.0 Å². The molecule has 0 radical (unpaired) electrons. The van der Waals surface area contributed by atoms with Crippen LogP contribution in [0.15, 0.2) is 119 Å². The highest BCUT2D eigenvalue weighted by molar-refractivity contribution is 5.47. The molecule has 0 unspecified atom stereocenters. The zero-order valence-corrected chi connectivity index (χ0v) is 22.4. The summed E-state index contributed by atoms with van der Waals surface area (Å²) in [4.78, 5) is 25.2. The van der Waals surface area contributed by atoms with Gasteiger partial charge in [-0.15, -0.1) is 6.58 Å². The van der Waals surface area contributed by atoms with E-state index in [1.807, 2.05) is 60.7 Å². The summed E-state index contributed by atoms with van der Waals surface area (Å²) < 4.78 is 16.2. The lowest BCUT2D eigenvalue weighted by Crippen LogP contribution is -2.40. The van der Waals surface area contributed by atoms with Gasteiger partial charge in [-0.3, -0.25) is 13.9 Å². The van der Waals surface area contributed by atoms with Crippen LogP contribution in [0.1, 0.15) is 41.3 Å². The number of aryl methyl sites for hydroxylation is 1. The first-order valence-corrected chi connectivity index (χ1v) is 13.3. The molecular weight excluding hydrogens is 488 g/mol. The summed E-state index contributed by atoms with van der Waals surface area (Å²) in [5, 5.41) is 0. The number of benzene rings is 3. The Bertz CT molecular complexity index is 1430. The maximum atomic E-state index is 13.0. The van der Waals surface area contributed by atoms with E-state index in [4.69, 9.17) is 9.47 Å². The second-order valence-electron chi connectivity index (χ2n) is 10.1. The van der Waals surface area contributed by atoms with Gasteiger partial charge in [0.25, 0.3) is 5.56 Å². The fourth-order valence-corrected chi connectivity index (χ4v) is 5.62. The highest BCUT2D eigenvalue weighted by Crippen LogP contribution is 2.42. The monoisotopic (exact) mass is 522 g/mol. The van der Waals surface area contributed by atoms with Crippen molar-refractivity contribution in [3.8, 4) is 0 Å². The Morgan fingerprint density at radius 2 is 1.44 bits per heavy atom. The number of hydrogen-bond donors (Lipinski definition) is 0. The number of nitrogens with zero attached hydrogens (tertiary/aromatic N) is 2. The summed E-state index contributed by atoms with van der Waals surface area (Å²) in [6, 6.07) is 30.7. The minimum absolute atomic E-state index is 0.0944. The summed E-state index contributed by atoms with van der Waals surface area (Å²) in [7, 11) is 1.50. The Balaban J connectivity index is 1.54. The van der Waals surface area contributed by atoms with Crippen LogP contribution in [0.5, 0.6) is 0 Å². The Kier molecular flexibility index (Phi) is 7.77. The van der Waals surface area contributed by atoms with Gasteiger partial charge in [-0.25, -0.2) is 4.79 Å². The maximum absolute atomic E-state index is 13.0. The van der Waals surface area contributed by atoms with Crippen molar-refractivity contribution in [2.24, 2.45) is 13.0 Å². The molecule has 1 aliphatic heterocycles. The molecular formula is C33H34N2O4. The summed E-state index contributed by atoms with van der Waals surface area (Å²) in [5.41, 5.74) is 1.99. The van der Waals surface area contributed by atoms with Crippen LogP contribution in [-0.4, -0.2) is 21.8 Å². The Hall–Kier alpha value is -4.00.